The van der Waals surface area contributed by atoms with E-state index in [-0.39, 0.29) is 5.25 Å². The van der Waals surface area contributed by atoms with Crippen molar-refractivity contribution in [1.29, 1.82) is 0 Å². The lowest BCUT2D eigenvalue weighted by molar-refractivity contribution is 0.185. The molecule has 0 saturated heterocycles. The van der Waals surface area contributed by atoms with Crippen molar-refractivity contribution >= 4 is 17.8 Å². The summed E-state index contributed by atoms with van der Waals surface area (Å²) in [6, 6.07) is 11.8. The van der Waals surface area contributed by atoms with Crippen molar-refractivity contribution in [2.45, 2.75) is 17.1 Å². The predicted octanol–water partition coefficient (Wildman–Crippen LogP) is 3.64. The van der Waals surface area contributed by atoms with Crippen LogP contribution in [-0.2, 0) is 5.75 Å². The molecule has 1 aliphatic rings. The first-order valence-electron chi connectivity index (χ1n) is 5.94. The van der Waals surface area contributed by atoms with Gasteiger partial charge >= 0.3 is 0 Å². The fraction of sp³-hybridized carbons (Fsp3) is 0.200. The molecule has 2 nitrogen and oxygen atoms in total. The molecule has 92 valence electrons. The topological polar surface area (TPSA) is 33.4 Å². The first-order chi connectivity index (χ1) is 8.84. The van der Waals surface area contributed by atoms with Crippen LogP contribution in [0.2, 0.25) is 0 Å². The highest BCUT2D eigenvalue weighted by Crippen LogP contribution is 2.35. The van der Waals surface area contributed by atoms with E-state index in [9.17, 15) is 5.11 Å². The van der Waals surface area contributed by atoms with Gasteiger partial charge in [-0.2, -0.15) is 0 Å². The number of furan rings is 1. The average Bonchev–Trinajstić information content (AvgIpc) is 2.91. The Labute approximate surface area is 110 Å². The Morgan fingerprint density at radius 2 is 2.06 bits per heavy atom. The average molecular weight is 258 g/mol. The monoisotopic (exact) mass is 258 g/mol. The molecule has 1 aromatic carbocycles. The molecule has 3 heteroatoms. The normalized spacial score (nSPS) is 21.8. The predicted molar refractivity (Wildman–Crippen MR) is 74.2 cm³/mol. The second-order valence-corrected chi connectivity index (χ2v) is 5.45. The van der Waals surface area contributed by atoms with Crippen molar-refractivity contribution < 1.29 is 9.52 Å². The molecular formula is C15H14O2S. The van der Waals surface area contributed by atoms with Gasteiger partial charge in [0.25, 0.3) is 0 Å². The Balaban J connectivity index is 1.73. The summed E-state index contributed by atoms with van der Waals surface area (Å²) in [5.74, 6) is 1.72. The van der Waals surface area contributed by atoms with Crippen molar-refractivity contribution in [3.8, 4) is 0 Å². The number of benzene rings is 1. The second-order valence-electron chi connectivity index (χ2n) is 4.29. The van der Waals surface area contributed by atoms with Gasteiger partial charge < -0.3 is 9.52 Å². The van der Waals surface area contributed by atoms with Gasteiger partial charge in [0.2, 0.25) is 0 Å². The third kappa shape index (κ3) is 2.24. The third-order valence-electron chi connectivity index (χ3n) is 3.09. The first kappa shape index (κ1) is 11.6. The van der Waals surface area contributed by atoms with Gasteiger partial charge in [0.15, 0.2) is 0 Å². The summed E-state index contributed by atoms with van der Waals surface area (Å²) < 4.78 is 5.30. The molecule has 0 radical (unpaired) electrons. The summed E-state index contributed by atoms with van der Waals surface area (Å²) in [5, 5.41) is 10.4. The lowest BCUT2D eigenvalue weighted by atomic mass is 9.95. The van der Waals surface area contributed by atoms with Gasteiger partial charge in [-0.25, -0.2) is 0 Å². The highest BCUT2D eigenvalue weighted by Gasteiger charge is 2.24. The van der Waals surface area contributed by atoms with E-state index in [1.165, 1.54) is 0 Å². The minimum Gasteiger partial charge on any atom is -0.468 e. The van der Waals surface area contributed by atoms with Crippen LogP contribution in [0.25, 0.3) is 6.08 Å². The molecule has 0 aliphatic heterocycles. The Kier molecular flexibility index (Phi) is 3.26. The lowest BCUT2D eigenvalue weighted by Crippen LogP contribution is -2.17. The zero-order valence-electron chi connectivity index (χ0n) is 9.82. The zero-order chi connectivity index (χ0) is 12.4. The SMILES string of the molecule is O[C@@H]1c2ccccc2C=C[C@H]1SCc1ccco1. The maximum absolute atomic E-state index is 10.3. The standard InChI is InChI=1S/C15H14O2S/c16-15-13-6-2-1-4-11(13)7-8-14(15)18-10-12-5-3-9-17-12/h1-9,14-16H,10H2/t14-,15-/m1/s1. The molecule has 0 amide bonds. The molecule has 1 N–H and O–H groups in total. The molecule has 0 bridgehead atoms. The molecule has 1 aromatic heterocycles. The summed E-state index contributed by atoms with van der Waals surface area (Å²) in [6.07, 6.45) is 5.40. The first-order valence-corrected chi connectivity index (χ1v) is 6.98. The Bertz CT molecular complexity index is 545. The van der Waals surface area contributed by atoms with Crippen molar-refractivity contribution in [3.05, 3.63) is 65.6 Å². The molecule has 0 saturated carbocycles. The number of rotatable bonds is 3. The molecular weight excluding hydrogens is 244 g/mol. The number of hydrogen-bond donors (Lipinski definition) is 1. The van der Waals surface area contributed by atoms with E-state index in [0.717, 1.165) is 22.6 Å². The Morgan fingerprint density at radius 1 is 1.17 bits per heavy atom. The van der Waals surface area contributed by atoms with Crippen molar-refractivity contribution in [3.63, 3.8) is 0 Å². The van der Waals surface area contributed by atoms with Gasteiger partial charge in [0.1, 0.15) is 5.76 Å². The van der Waals surface area contributed by atoms with Crippen molar-refractivity contribution in [2.75, 3.05) is 0 Å². The molecule has 0 spiro atoms. The smallest absolute Gasteiger partial charge is 0.113 e. The van der Waals surface area contributed by atoms with E-state index < -0.39 is 6.10 Å². The number of fused-ring (bicyclic) bond motifs is 1. The lowest BCUT2D eigenvalue weighted by Gasteiger charge is -2.24. The van der Waals surface area contributed by atoms with Crippen LogP contribution in [0.1, 0.15) is 23.0 Å². The van der Waals surface area contributed by atoms with Gasteiger partial charge in [-0.1, -0.05) is 36.4 Å². The van der Waals surface area contributed by atoms with Crippen LogP contribution in [0.4, 0.5) is 0 Å². The number of aliphatic hydroxyl groups is 1. The van der Waals surface area contributed by atoms with Crippen LogP contribution in [0.5, 0.6) is 0 Å². The summed E-state index contributed by atoms with van der Waals surface area (Å²) in [7, 11) is 0. The molecule has 0 fully saturated rings. The zero-order valence-corrected chi connectivity index (χ0v) is 10.6. The van der Waals surface area contributed by atoms with E-state index in [0.29, 0.717) is 0 Å². The highest BCUT2D eigenvalue weighted by atomic mass is 32.2. The summed E-state index contributed by atoms with van der Waals surface area (Å²) in [5.41, 5.74) is 2.12. The second kappa shape index (κ2) is 5.04. The summed E-state index contributed by atoms with van der Waals surface area (Å²) in [4.78, 5) is 0. The van der Waals surface area contributed by atoms with Crippen LogP contribution in [-0.4, -0.2) is 10.4 Å². The molecule has 1 aliphatic carbocycles. The van der Waals surface area contributed by atoms with Gasteiger partial charge in [0, 0.05) is 0 Å². The number of aliphatic hydroxyl groups excluding tert-OH is 1. The summed E-state index contributed by atoms with van der Waals surface area (Å²) in [6.45, 7) is 0. The van der Waals surface area contributed by atoms with Crippen LogP contribution in [0.15, 0.2) is 53.2 Å². The van der Waals surface area contributed by atoms with Crippen LogP contribution < -0.4 is 0 Å². The molecule has 1 heterocycles. The maximum Gasteiger partial charge on any atom is 0.113 e. The molecule has 2 atom stereocenters. The summed E-state index contributed by atoms with van der Waals surface area (Å²) >= 11 is 1.70. The number of hydrogen-bond acceptors (Lipinski definition) is 3. The quantitative estimate of drug-likeness (QED) is 0.912. The molecule has 3 rings (SSSR count). The van der Waals surface area contributed by atoms with E-state index in [1.807, 2.05) is 36.4 Å². The van der Waals surface area contributed by atoms with Crippen LogP contribution >= 0.6 is 11.8 Å². The van der Waals surface area contributed by atoms with E-state index in [4.69, 9.17) is 4.42 Å². The van der Waals surface area contributed by atoms with E-state index in [2.05, 4.69) is 12.2 Å². The molecule has 18 heavy (non-hydrogen) atoms. The largest absolute Gasteiger partial charge is 0.468 e. The third-order valence-corrected chi connectivity index (χ3v) is 4.34. The highest BCUT2D eigenvalue weighted by molar-refractivity contribution is 7.99. The fourth-order valence-electron chi connectivity index (χ4n) is 2.13. The van der Waals surface area contributed by atoms with Gasteiger partial charge in [-0.3, -0.25) is 0 Å². The molecule has 0 unspecified atom stereocenters. The van der Waals surface area contributed by atoms with E-state index >= 15 is 0 Å². The Morgan fingerprint density at radius 3 is 2.89 bits per heavy atom. The van der Waals surface area contributed by atoms with Crippen LogP contribution in [0.3, 0.4) is 0 Å². The molecule has 2 aromatic rings. The number of thioether (sulfide) groups is 1. The minimum absolute atomic E-state index is 0.0880. The van der Waals surface area contributed by atoms with Gasteiger partial charge in [0.05, 0.1) is 23.4 Å². The van der Waals surface area contributed by atoms with E-state index in [1.54, 1.807) is 18.0 Å². The van der Waals surface area contributed by atoms with Gasteiger partial charge in [-0.15, -0.1) is 11.8 Å². The maximum atomic E-state index is 10.3. The minimum atomic E-state index is -0.439. The van der Waals surface area contributed by atoms with Crippen LogP contribution in [0, 0.1) is 0 Å². The van der Waals surface area contributed by atoms with Crippen molar-refractivity contribution in [2.24, 2.45) is 0 Å². The van der Waals surface area contributed by atoms with Gasteiger partial charge in [-0.05, 0) is 23.3 Å². The fourth-order valence-corrected chi connectivity index (χ4v) is 3.17. The van der Waals surface area contributed by atoms with Crippen molar-refractivity contribution in [1.82, 2.24) is 0 Å². The Hall–Kier alpha value is -1.45.